The number of hydrogen-bond acceptors (Lipinski definition) is 14. The Balaban J connectivity index is 1.30. The fraction of sp³-hybridized carbons (Fsp3) is 0.622. The summed E-state index contributed by atoms with van der Waals surface area (Å²) in [5, 5.41) is 1.88. The van der Waals surface area contributed by atoms with E-state index in [1.54, 1.807) is 6.20 Å². The lowest BCUT2D eigenvalue weighted by Crippen LogP contribution is -2.49. The van der Waals surface area contributed by atoms with E-state index in [0.717, 1.165) is 75.6 Å². The molecule has 0 bridgehead atoms. The minimum atomic E-state index is -0.622. The number of carbonyl (C=O) groups is 3. The lowest BCUT2D eigenvalue weighted by molar-refractivity contribution is -0.158. The van der Waals surface area contributed by atoms with E-state index in [0.29, 0.717) is 58.9 Å². The molecule has 0 amide bonds. The monoisotopic (exact) mass is 812 g/mol. The van der Waals surface area contributed by atoms with Crippen LogP contribution in [-0.2, 0) is 48.0 Å². The summed E-state index contributed by atoms with van der Waals surface area (Å²) >= 11 is 0. The highest BCUT2D eigenvalue weighted by molar-refractivity contribution is 6.20. The van der Waals surface area contributed by atoms with E-state index >= 15 is 0 Å². The van der Waals surface area contributed by atoms with Gasteiger partial charge in [0.2, 0.25) is 0 Å². The molecule has 2 aliphatic rings. The Hall–Kier alpha value is -4.37. The molecule has 4 heterocycles. The van der Waals surface area contributed by atoms with Gasteiger partial charge in [0.05, 0.1) is 58.8 Å². The number of rotatable bonds is 8. The van der Waals surface area contributed by atoms with E-state index in [-0.39, 0.29) is 37.5 Å². The second kappa shape index (κ2) is 18.5. The molecule has 0 saturated carbocycles. The average Bonchev–Trinajstić information content (AvgIpc) is 3.13. The predicted molar refractivity (Wildman–Crippen MR) is 229 cm³/mol. The molecule has 0 N–H and O–H groups in total. The number of carbonyl (C=O) groups excluding carboxylic acids is 3. The lowest BCUT2D eigenvalue weighted by Gasteiger charge is -2.34. The Morgan fingerprint density at radius 3 is 1.34 bits per heavy atom. The van der Waals surface area contributed by atoms with E-state index in [4.69, 9.17) is 34.1 Å². The molecule has 3 aromatic heterocycles. The summed E-state index contributed by atoms with van der Waals surface area (Å²) in [7, 11) is 0. The third-order valence-electron chi connectivity index (χ3n) is 10.3. The van der Waals surface area contributed by atoms with E-state index in [2.05, 4.69) is 32.9 Å². The zero-order valence-corrected chi connectivity index (χ0v) is 36.7. The maximum absolute atomic E-state index is 13.2. The molecule has 14 nitrogen and oxygen atoms in total. The van der Waals surface area contributed by atoms with Crippen LogP contribution >= 0.6 is 0 Å². The SMILES string of the molecule is CC(C)(C)OC(=O)CN1CCN(CC(=O)OC(C)(C)C)CCN(Cc2ccc3c(n2)c2ncccc2c2nc4c(nc32)CCCC4)CCN(CC(=O)OC(C)(C)C)CC1. The molecule has 0 spiro atoms. The minimum absolute atomic E-state index is 0.0878. The van der Waals surface area contributed by atoms with Crippen molar-refractivity contribution >= 4 is 50.7 Å². The standard InChI is InChI=1S/C45H64N8O6/c1-43(2,3)57-36(54)28-51-21-19-50(20-22-52(29-37(55)58-44(4,5)6)24-26-53(25-23-51)30-38(56)59-45(7,8)9)27-31-16-17-33-40(47-31)39-32(13-12-18-46-39)41-42(33)49-35-15-11-10-14-34(35)48-41/h12-13,16-18H,10-11,14-15,19-30H2,1-9H3. The molecule has 0 radical (unpaired) electrons. The van der Waals surface area contributed by atoms with Crippen molar-refractivity contribution < 1.29 is 28.6 Å². The molecule has 0 atom stereocenters. The Morgan fingerprint density at radius 2 is 0.915 bits per heavy atom. The zero-order chi connectivity index (χ0) is 42.5. The van der Waals surface area contributed by atoms with Crippen LogP contribution in [0.15, 0.2) is 30.5 Å². The van der Waals surface area contributed by atoms with Crippen LogP contribution in [0.1, 0.15) is 92.2 Å². The molecule has 1 aliphatic carbocycles. The van der Waals surface area contributed by atoms with Gasteiger partial charge in [-0.2, -0.15) is 0 Å². The van der Waals surface area contributed by atoms with Crippen molar-refractivity contribution in [2.45, 2.75) is 111 Å². The molecular weight excluding hydrogens is 749 g/mol. The van der Waals surface area contributed by atoms with Gasteiger partial charge in [-0.1, -0.05) is 0 Å². The molecule has 1 saturated heterocycles. The number of fused-ring (bicyclic) bond motifs is 7. The molecule has 1 aliphatic heterocycles. The lowest BCUT2D eigenvalue weighted by atomic mass is 9.99. The topological polar surface area (TPSA) is 143 Å². The van der Waals surface area contributed by atoms with Crippen LogP contribution in [-0.4, -0.2) is 146 Å². The van der Waals surface area contributed by atoms with Crippen molar-refractivity contribution in [3.8, 4) is 0 Å². The van der Waals surface area contributed by atoms with Crippen molar-refractivity contribution in [2.24, 2.45) is 0 Å². The van der Waals surface area contributed by atoms with Crippen molar-refractivity contribution in [1.29, 1.82) is 0 Å². The van der Waals surface area contributed by atoms with Gasteiger partial charge in [0.15, 0.2) is 0 Å². The van der Waals surface area contributed by atoms with Gasteiger partial charge in [-0.25, -0.2) is 15.0 Å². The summed E-state index contributed by atoms with van der Waals surface area (Å²) < 4.78 is 17.2. The minimum Gasteiger partial charge on any atom is -0.459 e. The number of aryl methyl sites for hydroxylation is 2. The molecule has 14 heteroatoms. The van der Waals surface area contributed by atoms with Gasteiger partial charge in [0, 0.05) is 75.9 Å². The summed E-state index contributed by atoms with van der Waals surface area (Å²) in [6.45, 7) is 22.0. The fourth-order valence-corrected chi connectivity index (χ4v) is 7.72. The van der Waals surface area contributed by atoms with Gasteiger partial charge < -0.3 is 14.2 Å². The zero-order valence-electron chi connectivity index (χ0n) is 36.7. The number of hydrogen-bond donors (Lipinski definition) is 0. The summed E-state index contributed by atoms with van der Waals surface area (Å²) in [4.78, 5) is 68.4. The smallest absolute Gasteiger partial charge is 0.320 e. The second-order valence-corrected chi connectivity index (χ2v) is 19.0. The van der Waals surface area contributed by atoms with Gasteiger partial charge in [0.1, 0.15) is 16.8 Å². The predicted octanol–water partition coefficient (Wildman–Crippen LogP) is 5.35. The first-order valence-electron chi connectivity index (χ1n) is 21.2. The molecule has 320 valence electrons. The van der Waals surface area contributed by atoms with Gasteiger partial charge in [-0.3, -0.25) is 39.0 Å². The van der Waals surface area contributed by atoms with Crippen LogP contribution < -0.4 is 0 Å². The number of benzene rings is 1. The molecule has 1 fully saturated rings. The largest absolute Gasteiger partial charge is 0.459 e. The van der Waals surface area contributed by atoms with E-state index in [9.17, 15) is 14.4 Å². The van der Waals surface area contributed by atoms with E-state index in [1.165, 1.54) is 0 Å². The Morgan fingerprint density at radius 1 is 0.525 bits per heavy atom. The van der Waals surface area contributed by atoms with Crippen molar-refractivity contribution in [2.75, 3.05) is 72.0 Å². The first-order valence-corrected chi connectivity index (χ1v) is 21.2. The number of esters is 3. The summed E-state index contributed by atoms with van der Waals surface area (Å²) in [6.07, 6.45) is 5.93. The van der Waals surface area contributed by atoms with Crippen LogP contribution in [0.3, 0.4) is 0 Å². The highest BCUT2D eigenvalue weighted by Crippen LogP contribution is 2.33. The van der Waals surface area contributed by atoms with Gasteiger partial charge in [-0.15, -0.1) is 0 Å². The molecule has 0 unspecified atom stereocenters. The maximum atomic E-state index is 13.2. The second-order valence-electron chi connectivity index (χ2n) is 19.0. The Kier molecular flexibility index (Phi) is 13.8. The first kappa shape index (κ1) is 44.2. The van der Waals surface area contributed by atoms with Crippen molar-refractivity contribution in [1.82, 2.24) is 39.5 Å². The number of pyridine rings is 2. The van der Waals surface area contributed by atoms with Crippen molar-refractivity contribution in [3.63, 3.8) is 0 Å². The van der Waals surface area contributed by atoms with Crippen LogP contribution in [0.25, 0.3) is 32.8 Å². The van der Waals surface area contributed by atoms with Crippen LogP contribution in [0, 0.1) is 0 Å². The normalized spacial score (nSPS) is 17.6. The number of ether oxygens (including phenoxy) is 3. The molecule has 6 rings (SSSR count). The first-order chi connectivity index (χ1) is 27.8. The fourth-order valence-electron chi connectivity index (χ4n) is 7.72. The van der Waals surface area contributed by atoms with E-state index < -0.39 is 16.8 Å². The number of nitrogens with zero attached hydrogens (tertiary/aromatic N) is 8. The summed E-state index contributed by atoms with van der Waals surface area (Å²) in [6, 6.07) is 8.18. The average molecular weight is 813 g/mol. The Labute approximate surface area is 349 Å². The molecule has 4 aromatic rings. The number of aromatic nitrogens is 4. The van der Waals surface area contributed by atoms with Gasteiger partial charge >= 0.3 is 17.9 Å². The van der Waals surface area contributed by atoms with Gasteiger partial charge in [0.25, 0.3) is 0 Å². The van der Waals surface area contributed by atoms with Crippen LogP contribution in [0.5, 0.6) is 0 Å². The van der Waals surface area contributed by atoms with Crippen molar-refractivity contribution in [3.05, 3.63) is 47.5 Å². The third kappa shape index (κ3) is 12.8. The van der Waals surface area contributed by atoms with Crippen LogP contribution in [0.2, 0.25) is 0 Å². The van der Waals surface area contributed by atoms with Gasteiger partial charge in [-0.05, 0) is 112 Å². The quantitative estimate of drug-likeness (QED) is 0.128. The van der Waals surface area contributed by atoms with E-state index in [1.807, 2.05) is 73.3 Å². The summed E-state index contributed by atoms with van der Waals surface area (Å²) in [5.41, 5.74) is 4.53. The summed E-state index contributed by atoms with van der Waals surface area (Å²) in [5.74, 6) is -0.922. The third-order valence-corrected chi connectivity index (χ3v) is 10.3. The Bertz CT molecular complexity index is 2090. The van der Waals surface area contributed by atoms with Crippen LogP contribution in [0.4, 0.5) is 0 Å². The highest BCUT2D eigenvalue weighted by atomic mass is 16.6. The molecular formula is C45H64N8O6. The maximum Gasteiger partial charge on any atom is 0.320 e. The molecule has 59 heavy (non-hydrogen) atoms. The molecule has 1 aromatic carbocycles. The highest BCUT2D eigenvalue weighted by Gasteiger charge is 2.26.